The Bertz CT molecular complexity index is 441. The van der Waals surface area contributed by atoms with E-state index in [2.05, 4.69) is 37.5 Å². The zero-order valence-electron chi connectivity index (χ0n) is 12.3. The molecule has 2 aliphatic rings. The van der Waals surface area contributed by atoms with Crippen LogP contribution in [-0.4, -0.2) is 18.7 Å². The highest BCUT2D eigenvalue weighted by molar-refractivity contribution is 7.10. The van der Waals surface area contributed by atoms with E-state index in [0.29, 0.717) is 5.41 Å². The SMILES string of the molecule is Cc1ccsc1C1CNCC2(CCC(C)(C)CC2)O1. The molecule has 0 aromatic carbocycles. The van der Waals surface area contributed by atoms with Gasteiger partial charge in [0.05, 0.1) is 5.60 Å². The zero-order valence-corrected chi connectivity index (χ0v) is 13.1. The Morgan fingerprint density at radius 3 is 2.63 bits per heavy atom. The minimum Gasteiger partial charge on any atom is -0.364 e. The van der Waals surface area contributed by atoms with Gasteiger partial charge in [0.25, 0.3) is 0 Å². The van der Waals surface area contributed by atoms with E-state index in [0.717, 1.165) is 13.1 Å². The molecule has 1 unspecified atom stereocenters. The molecular formula is C16H25NOS. The van der Waals surface area contributed by atoms with Gasteiger partial charge in [0.2, 0.25) is 0 Å². The summed E-state index contributed by atoms with van der Waals surface area (Å²) >= 11 is 1.84. The number of thiophene rings is 1. The summed E-state index contributed by atoms with van der Waals surface area (Å²) in [7, 11) is 0. The molecule has 19 heavy (non-hydrogen) atoms. The fraction of sp³-hybridized carbons (Fsp3) is 0.750. The number of ether oxygens (including phenoxy) is 1. The first-order valence-electron chi connectivity index (χ1n) is 7.42. The molecule has 0 radical (unpaired) electrons. The first-order chi connectivity index (χ1) is 9.00. The lowest BCUT2D eigenvalue weighted by Crippen LogP contribution is -2.53. The van der Waals surface area contributed by atoms with Crippen molar-refractivity contribution in [1.82, 2.24) is 5.32 Å². The van der Waals surface area contributed by atoms with E-state index in [9.17, 15) is 0 Å². The quantitative estimate of drug-likeness (QED) is 0.837. The smallest absolute Gasteiger partial charge is 0.105 e. The van der Waals surface area contributed by atoms with E-state index < -0.39 is 0 Å². The van der Waals surface area contributed by atoms with Crippen molar-refractivity contribution in [3.8, 4) is 0 Å². The largest absolute Gasteiger partial charge is 0.364 e. The average Bonchev–Trinajstić information content (AvgIpc) is 2.81. The molecule has 1 saturated heterocycles. The molecule has 0 bridgehead atoms. The van der Waals surface area contributed by atoms with Crippen LogP contribution in [0, 0.1) is 12.3 Å². The Kier molecular flexibility index (Phi) is 3.48. The van der Waals surface area contributed by atoms with Crippen LogP contribution in [-0.2, 0) is 4.74 Å². The fourth-order valence-corrected chi connectivity index (χ4v) is 4.31. The lowest BCUT2D eigenvalue weighted by atomic mass is 9.70. The predicted octanol–water partition coefficient (Wildman–Crippen LogP) is 4.06. The normalized spacial score (nSPS) is 29.5. The monoisotopic (exact) mass is 279 g/mol. The molecule has 2 nitrogen and oxygen atoms in total. The Balaban J connectivity index is 1.74. The van der Waals surface area contributed by atoms with Gasteiger partial charge in [0.15, 0.2) is 0 Å². The summed E-state index contributed by atoms with van der Waals surface area (Å²) in [6, 6.07) is 2.20. The molecule has 1 aliphatic carbocycles. The number of morpholine rings is 1. The lowest BCUT2D eigenvalue weighted by molar-refractivity contribution is -0.146. The molecule has 1 aromatic heterocycles. The molecule has 0 amide bonds. The Morgan fingerprint density at radius 1 is 1.26 bits per heavy atom. The molecule has 1 N–H and O–H groups in total. The van der Waals surface area contributed by atoms with E-state index in [1.807, 2.05) is 11.3 Å². The maximum atomic E-state index is 6.58. The first kappa shape index (κ1) is 13.6. The van der Waals surface area contributed by atoms with Crippen molar-refractivity contribution < 1.29 is 4.74 Å². The van der Waals surface area contributed by atoms with Gasteiger partial charge in [-0.2, -0.15) is 0 Å². The third kappa shape index (κ3) is 2.74. The van der Waals surface area contributed by atoms with Gasteiger partial charge >= 0.3 is 0 Å². The van der Waals surface area contributed by atoms with Crippen LogP contribution in [0.25, 0.3) is 0 Å². The second-order valence-electron chi connectivity index (χ2n) is 7.05. The number of rotatable bonds is 1. The van der Waals surface area contributed by atoms with Crippen LogP contribution >= 0.6 is 11.3 Å². The van der Waals surface area contributed by atoms with Crippen LogP contribution < -0.4 is 5.32 Å². The van der Waals surface area contributed by atoms with Gasteiger partial charge in [-0.15, -0.1) is 11.3 Å². The molecule has 3 heteroatoms. The summed E-state index contributed by atoms with van der Waals surface area (Å²) < 4.78 is 6.58. The second-order valence-corrected chi connectivity index (χ2v) is 8.00. The average molecular weight is 279 g/mol. The predicted molar refractivity (Wildman–Crippen MR) is 80.7 cm³/mol. The van der Waals surface area contributed by atoms with Crippen LogP contribution in [0.2, 0.25) is 0 Å². The number of aryl methyl sites for hydroxylation is 1. The molecule has 1 aliphatic heterocycles. The van der Waals surface area contributed by atoms with Crippen molar-refractivity contribution in [1.29, 1.82) is 0 Å². The fourth-order valence-electron chi connectivity index (χ4n) is 3.35. The second kappa shape index (κ2) is 4.87. The van der Waals surface area contributed by atoms with Crippen molar-refractivity contribution >= 4 is 11.3 Å². The standard InChI is InChI=1S/C16H25NOS/c1-12-4-9-19-14(12)13-10-17-11-16(18-13)7-5-15(2,3)6-8-16/h4,9,13,17H,5-8,10-11H2,1-3H3. The van der Waals surface area contributed by atoms with Gasteiger partial charge in [0.1, 0.15) is 6.10 Å². The zero-order chi connectivity index (χ0) is 13.5. The van der Waals surface area contributed by atoms with Gasteiger partial charge in [-0.25, -0.2) is 0 Å². The number of hydrogen-bond acceptors (Lipinski definition) is 3. The van der Waals surface area contributed by atoms with E-state index >= 15 is 0 Å². The summed E-state index contributed by atoms with van der Waals surface area (Å²) in [6.45, 7) is 8.96. The lowest BCUT2D eigenvalue weighted by Gasteiger charge is -2.48. The van der Waals surface area contributed by atoms with Gasteiger partial charge < -0.3 is 10.1 Å². The van der Waals surface area contributed by atoms with Crippen LogP contribution in [0.15, 0.2) is 11.4 Å². The summed E-state index contributed by atoms with van der Waals surface area (Å²) in [6.07, 6.45) is 5.23. The van der Waals surface area contributed by atoms with E-state index in [-0.39, 0.29) is 11.7 Å². The minimum atomic E-state index is 0.0921. The first-order valence-corrected chi connectivity index (χ1v) is 8.30. The molecule has 2 heterocycles. The van der Waals surface area contributed by atoms with Crippen molar-refractivity contribution in [3.05, 3.63) is 21.9 Å². The van der Waals surface area contributed by atoms with Crippen LogP contribution in [0.5, 0.6) is 0 Å². The number of nitrogens with one attached hydrogen (secondary N) is 1. The van der Waals surface area contributed by atoms with Crippen LogP contribution in [0.1, 0.15) is 56.1 Å². The molecule has 1 aromatic rings. The third-order valence-electron chi connectivity index (χ3n) is 4.88. The molecule has 3 rings (SSSR count). The Labute approximate surface area is 120 Å². The van der Waals surface area contributed by atoms with Crippen LogP contribution in [0.4, 0.5) is 0 Å². The Hall–Kier alpha value is -0.380. The maximum absolute atomic E-state index is 6.58. The number of hydrogen-bond donors (Lipinski definition) is 1. The Morgan fingerprint density at radius 2 is 2.00 bits per heavy atom. The molecular weight excluding hydrogens is 254 g/mol. The van der Waals surface area contributed by atoms with Gasteiger partial charge in [0, 0.05) is 18.0 Å². The highest BCUT2D eigenvalue weighted by atomic mass is 32.1. The summed E-state index contributed by atoms with van der Waals surface area (Å²) in [4.78, 5) is 1.41. The maximum Gasteiger partial charge on any atom is 0.105 e. The third-order valence-corrected chi connectivity index (χ3v) is 5.99. The van der Waals surface area contributed by atoms with Crippen LogP contribution in [0.3, 0.4) is 0 Å². The van der Waals surface area contributed by atoms with E-state index in [1.54, 1.807) is 0 Å². The van der Waals surface area contributed by atoms with Crippen molar-refractivity contribution in [2.24, 2.45) is 5.41 Å². The van der Waals surface area contributed by atoms with Crippen molar-refractivity contribution in [3.63, 3.8) is 0 Å². The molecule has 1 atom stereocenters. The minimum absolute atomic E-state index is 0.0921. The van der Waals surface area contributed by atoms with Gasteiger partial charge in [-0.1, -0.05) is 13.8 Å². The molecule has 106 valence electrons. The molecule has 2 fully saturated rings. The molecule has 1 saturated carbocycles. The van der Waals surface area contributed by atoms with E-state index in [4.69, 9.17) is 4.74 Å². The summed E-state index contributed by atoms with van der Waals surface area (Å²) in [5.41, 5.74) is 1.97. The highest BCUT2D eigenvalue weighted by Crippen LogP contribution is 2.45. The summed E-state index contributed by atoms with van der Waals surface area (Å²) in [5, 5.41) is 5.80. The van der Waals surface area contributed by atoms with Crippen molar-refractivity contribution in [2.45, 2.75) is 58.2 Å². The van der Waals surface area contributed by atoms with Gasteiger partial charge in [-0.05, 0) is 55.0 Å². The topological polar surface area (TPSA) is 21.3 Å². The van der Waals surface area contributed by atoms with Gasteiger partial charge in [-0.3, -0.25) is 0 Å². The van der Waals surface area contributed by atoms with E-state index in [1.165, 1.54) is 36.1 Å². The highest BCUT2D eigenvalue weighted by Gasteiger charge is 2.43. The van der Waals surface area contributed by atoms with Crippen molar-refractivity contribution in [2.75, 3.05) is 13.1 Å². The summed E-state index contributed by atoms with van der Waals surface area (Å²) in [5.74, 6) is 0. The molecule has 1 spiro atoms.